The van der Waals surface area contributed by atoms with Crippen LogP contribution in [0.3, 0.4) is 0 Å². The maximum Gasteiger partial charge on any atom is 0.238 e. The summed E-state index contributed by atoms with van der Waals surface area (Å²) in [6.07, 6.45) is 0.685. The van der Waals surface area contributed by atoms with Gasteiger partial charge in [-0.25, -0.2) is 15.8 Å². The topological polar surface area (TPSA) is 75.3 Å². The fraction of sp³-hybridized carbons (Fsp3) is 0.304. The molecule has 3 N–H and O–H groups in total. The molecule has 30 heavy (non-hydrogen) atoms. The quantitative estimate of drug-likeness (QED) is 0.565. The molecular formula is C23H26N4O2S. The van der Waals surface area contributed by atoms with Gasteiger partial charge in [0.1, 0.15) is 16.8 Å². The molecule has 1 saturated heterocycles. The summed E-state index contributed by atoms with van der Waals surface area (Å²) in [5.74, 6) is 0.793. The highest BCUT2D eigenvalue weighted by molar-refractivity contribution is 7.15. The van der Waals surface area contributed by atoms with Crippen LogP contribution in [-0.2, 0) is 11.3 Å². The van der Waals surface area contributed by atoms with Gasteiger partial charge in [-0.15, -0.1) is 11.3 Å². The highest BCUT2D eigenvalue weighted by atomic mass is 32.1. The lowest BCUT2D eigenvalue weighted by Gasteiger charge is -2.11. The van der Waals surface area contributed by atoms with Gasteiger partial charge in [-0.05, 0) is 44.0 Å². The van der Waals surface area contributed by atoms with E-state index in [4.69, 9.17) is 9.72 Å². The lowest BCUT2D eigenvalue weighted by molar-refractivity contribution is -0.123. The van der Waals surface area contributed by atoms with E-state index < -0.39 is 0 Å². The molecule has 1 fully saturated rings. The van der Waals surface area contributed by atoms with Crippen LogP contribution in [0, 0.1) is 13.8 Å². The number of nitrogens with one attached hydrogen (secondary N) is 3. The molecule has 3 aromatic rings. The van der Waals surface area contributed by atoms with Crippen molar-refractivity contribution in [2.75, 3.05) is 7.11 Å². The molecule has 0 radical (unpaired) electrons. The third-order valence-electron chi connectivity index (χ3n) is 5.26. The molecule has 7 heteroatoms. The Morgan fingerprint density at radius 1 is 1.20 bits per heavy atom. The number of aryl methyl sites for hydroxylation is 2. The van der Waals surface area contributed by atoms with Crippen LogP contribution >= 0.6 is 11.3 Å². The molecule has 2 aromatic carbocycles. The average molecular weight is 423 g/mol. The van der Waals surface area contributed by atoms with Crippen LogP contribution in [0.1, 0.15) is 34.2 Å². The normalized spacial score (nSPS) is 18.4. The van der Waals surface area contributed by atoms with Crippen molar-refractivity contribution in [3.8, 4) is 16.3 Å². The Kier molecular flexibility index (Phi) is 6.13. The number of carbonyl (C=O) groups excluding carboxylic acids is 1. The lowest BCUT2D eigenvalue weighted by Crippen LogP contribution is -2.42. The zero-order chi connectivity index (χ0) is 21.1. The first-order valence-electron chi connectivity index (χ1n) is 9.99. The lowest BCUT2D eigenvalue weighted by atomic mass is 10.1. The van der Waals surface area contributed by atoms with Crippen LogP contribution in [0.4, 0.5) is 0 Å². The number of ether oxygens (including phenoxy) is 1. The predicted molar refractivity (Wildman–Crippen MR) is 119 cm³/mol. The minimum absolute atomic E-state index is 0.0121. The Hall–Kier alpha value is -2.74. The second-order valence-corrected chi connectivity index (χ2v) is 8.56. The van der Waals surface area contributed by atoms with Crippen molar-refractivity contribution in [2.45, 2.75) is 38.9 Å². The maximum atomic E-state index is 12.6. The number of thiazole rings is 1. The third-order valence-corrected chi connectivity index (χ3v) is 6.58. The molecule has 0 spiro atoms. The maximum absolute atomic E-state index is 12.6. The fourth-order valence-corrected chi connectivity index (χ4v) is 4.72. The van der Waals surface area contributed by atoms with Crippen molar-refractivity contribution in [1.82, 2.24) is 21.2 Å². The van der Waals surface area contributed by atoms with Crippen LogP contribution in [0.25, 0.3) is 10.6 Å². The van der Waals surface area contributed by atoms with Crippen LogP contribution < -0.4 is 20.9 Å². The summed E-state index contributed by atoms with van der Waals surface area (Å²) < 4.78 is 5.17. The van der Waals surface area contributed by atoms with Gasteiger partial charge in [-0.1, -0.05) is 35.9 Å². The van der Waals surface area contributed by atoms with Gasteiger partial charge in [-0.3, -0.25) is 4.79 Å². The number of hydrazine groups is 1. The summed E-state index contributed by atoms with van der Waals surface area (Å²) >= 11 is 1.69. The van der Waals surface area contributed by atoms with Crippen molar-refractivity contribution in [1.29, 1.82) is 0 Å². The Morgan fingerprint density at radius 2 is 2.00 bits per heavy atom. The second-order valence-electron chi connectivity index (χ2n) is 7.53. The number of hydrogen-bond donors (Lipinski definition) is 3. The van der Waals surface area contributed by atoms with Gasteiger partial charge < -0.3 is 10.1 Å². The van der Waals surface area contributed by atoms with E-state index in [0.717, 1.165) is 27.6 Å². The number of aromatic nitrogens is 1. The average Bonchev–Trinajstić information content (AvgIpc) is 3.39. The van der Waals surface area contributed by atoms with E-state index in [9.17, 15) is 4.79 Å². The first kappa shape index (κ1) is 20.5. The van der Waals surface area contributed by atoms with E-state index >= 15 is 0 Å². The largest absolute Gasteiger partial charge is 0.497 e. The van der Waals surface area contributed by atoms with E-state index in [1.807, 2.05) is 31.2 Å². The summed E-state index contributed by atoms with van der Waals surface area (Å²) in [7, 11) is 1.64. The van der Waals surface area contributed by atoms with Gasteiger partial charge in [0, 0.05) is 17.0 Å². The number of carbonyl (C=O) groups is 1. The molecule has 2 atom stereocenters. The number of nitrogens with zero attached hydrogens (tertiary/aromatic N) is 1. The molecule has 0 bridgehead atoms. The van der Waals surface area contributed by atoms with E-state index in [1.54, 1.807) is 18.4 Å². The molecule has 2 unspecified atom stereocenters. The molecule has 0 aliphatic carbocycles. The molecule has 2 heterocycles. The second kappa shape index (κ2) is 8.95. The van der Waals surface area contributed by atoms with Gasteiger partial charge in [0.25, 0.3) is 0 Å². The zero-order valence-corrected chi connectivity index (χ0v) is 18.2. The van der Waals surface area contributed by atoms with Gasteiger partial charge in [-0.2, -0.15) is 0 Å². The van der Waals surface area contributed by atoms with E-state index in [0.29, 0.717) is 13.0 Å². The van der Waals surface area contributed by atoms with Crippen molar-refractivity contribution in [3.63, 3.8) is 0 Å². The Labute approximate surface area is 180 Å². The number of methoxy groups -OCH3 is 1. The van der Waals surface area contributed by atoms with Crippen LogP contribution in [-0.4, -0.2) is 24.0 Å². The van der Waals surface area contributed by atoms with Crippen LogP contribution in [0.15, 0.2) is 48.5 Å². The van der Waals surface area contributed by atoms with Crippen molar-refractivity contribution in [3.05, 3.63) is 70.2 Å². The number of benzene rings is 2. The molecule has 1 aromatic heterocycles. The van der Waals surface area contributed by atoms with Gasteiger partial charge in [0.2, 0.25) is 5.91 Å². The summed E-state index contributed by atoms with van der Waals surface area (Å²) in [5.41, 5.74) is 10.8. The highest BCUT2D eigenvalue weighted by Crippen LogP contribution is 2.35. The molecule has 0 saturated carbocycles. The van der Waals surface area contributed by atoms with Gasteiger partial charge >= 0.3 is 0 Å². The fourth-order valence-electron chi connectivity index (χ4n) is 3.59. The van der Waals surface area contributed by atoms with Crippen LogP contribution in [0.5, 0.6) is 5.75 Å². The van der Waals surface area contributed by atoms with Crippen molar-refractivity contribution in [2.24, 2.45) is 0 Å². The first-order chi connectivity index (χ1) is 14.5. The van der Waals surface area contributed by atoms with E-state index in [-0.39, 0.29) is 18.0 Å². The standard InChI is InChI=1S/C23H26N4O2S/c1-14-5-4-6-17(11-14)23-25-15(2)21(30-23)19-12-20(27-26-19)22(28)24-13-16-7-9-18(29-3)10-8-16/h4-11,19-20,26-27H,12-13H2,1-3H3,(H,24,28). The van der Waals surface area contributed by atoms with E-state index in [2.05, 4.69) is 47.4 Å². The third kappa shape index (κ3) is 4.53. The van der Waals surface area contributed by atoms with Crippen molar-refractivity contribution >= 4 is 17.2 Å². The smallest absolute Gasteiger partial charge is 0.238 e. The van der Waals surface area contributed by atoms with E-state index in [1.165, 1.54) is 10.4 Å². The molecule has 4 rings (SSSR count). The molecular weight excluding hydrogens is 396 g/mol. The summed E-state index contributed by atoms with van der Waals surface area (Å²) in [6.45, 7) is 4.61. The number of rotatable bonds is 6. The van der Waals surface area contributed by atoms with Crippen LogP contribution in [0.2, 0.25) is 0 Å². The first-order valence-corrected chi connectivity index (χ1v) is 10.8. The summed E-state index contributed by atoms with van der Waals surface area (Å²) in [5, 5.41) is 4.02. The molecule has 1 amide bonds. The van der Waals surface area contributed by atoms with Gasteiger partial charge in [0.15, 0.2) is 0 Å². The monoisotopic (exact) mass is 422 g/mol. The number of amides is 1. The van der Waals surface area contributed by atoms with Crippen molar-refractivity contribution < 1.29 is 9.53 Å². The number of hydrogen-bond acceptors (Lipinski definition) is 6. The minimum atomic E-state index is -0.280. The molecule has 156 valence electrons. The summed E-state index contributed by atoms with van der Waals surface area (Å²) in [4.78, 5) is 18.6. The SMILES string of the molecule is COc1ccc(CNC(=O)C2CC(c3sc(-c4cccc(C)c4)nc3C)NN2)cc1. The Bertz CT molecular complexity index is 1030. The molecule has 1 aliphatic heterocycles. The minimum Gasteiger partial charge on any atom is -0.497 e. The molecule has 6 nitrogen and oxygen atoms in total. The Balaban J connectivity index is 1.37. The highest BCUT2D eigenvalue weighted by Gasteiger charge is 2.32. The summed E-state index contributed by atoms with van der Waals surface area (Å²) in [6, 6.07) is 15.9. The zero-order valence-electron chi connectivity index (χ0n) is 17.4. The predicted octanol–water partition coefficient (Wildman–Crippen LogP) is 3.66. The Morgan fingerprint density at radius 3 is 2.73 bits per heavy atom. The van der Waals surface area contributed by atoms with Gasteiger partial charge in [0.05, 0.1) is 18.8 Å². The molecule has 1 aliphatic rings.